The van der Waals surface area contributed by atoms with E-state index >= 15 is 0 Å². The molecule has 108 valence electrons. The highest BCUT2D eigenvalue weighted by molar-refractivity contribution is 5.65. The van der Waals surface area contributed by atoms with Crippen LogP contribution in [-0.4, -0.2) is 35.2 Å². The van der Waals surface area contributed by atoms with Crippen LogP contribution in [0.1, 0.15) is 18.5 Å². The van der Waals surface area contributed by atoms with Gasteiger partial charge in [-0.15, -0.1) is 0 Å². The van der Waals surface area contributed by atoms with Crippen molar-refractivity contribution in [2.75, 3.05) is 18.0 Å². The van der Waals surface area contributed by atoms with Crippen molar-refractivity contribution in [1.82, 2.24) is 4.98 Å². The molecule has 0 radical (unpaired) electrons. The van der Waals surface area contributed by atoms with Gasteiger partial charge < -0.3 is 25.5 Å². The Kier molecular flexibility index (Phi) is 4.02. The molecule has 2 heterocycles. The second kappa shape index (κ2) is 5.72. The van der Waals surface area contributed by atoms with Gasteiger partial charge in [0, 0.05) is 32.9 Å². The van der Waals surface area contributed by atoms with Crippen LogP contribution >= 0.6 is 0 Å². The lowest BCUT2D eigenvalue weighted by molar-refractivity contribution is -0.388. The number of carbonyl (C=O) groups is 1. The van der Waals surface area contributed by atoms with Gasteiger partial charge in [0.1, 0.15) is 17.5 Å². The average Bonchev–Trinajstić information content (AvgIpc) is 2.39. The molecule has 0 aliphatic carbocycles. The molecule has 0 atom stereocenters. The summed E-state index contributed by atoms with van der Waals surface area (Å²) in [5, 5.41) is 11.1. The third-order valence-electron chi connectivity index (χ3n) is 3.23. The van der Waals surface area contributed by atoms with E-state index in [1.165, 1.54) is 0 Å². The minimum atomic E-state index is -0.786. The number of nitrogens with two attached hydrogens (primary N) is 1. The summed E-state index contributed by atoms with van der Waals surface area (Å²) in [6, 6.07) is 3.45. The Hall–Kier alpha value is -2.38. The number of hydrogen-bond acceptors (Lipinski definition) is 6. The highest BCUT2D eigenvalue weighted by atomic mass is 16.6. The number of aryl methyl sites for hydroxylation is 1. The van der Waals surface area contributed by atoms with Crippen molar-refractivity contribution >= 4 is 17.6 Å². The number of hydrogen-bond donors (Lipinski definition) is 1. The molecule has 1 aromatic heterocycles. The van der Waals surface area contributed by atoms with Gasteiger partial charge in [-0.2, -0.15) is 0 Å². The summed E-state index contributed by atoms with van der Waals surface area (Å²) in [5.41, 5.74) is 6.08. The van der Waals surface area contributed by atoms with E-state index in [2.05, 4.69) is 4.98 Å². The van der Waals surface area contributed by atoms with Crippen molar-refractivity contribution in [2.24, 2.45) is 5.73 Å². The molecule has 1 fully saturated rings. The minimum Gasteiger partial charge on any atom is -0.446 e. The monoisotopic (exact) mass is 280 g/mol. The van der Waals surface area contributed by atoms with E-state index in [1.54, 1.807) is 19.1 Å². The molecule has 1 aromatic rings. The molecule has 0 unspecified atom stereocenters. The van der Waals surface area contributed by atoms with Gasteiger partial charge in [0.05, 0.1) is 0 Å². The molecule has 2 rings (SSSR count). The Bertz CT molecular complexity index is 526. The first kappa shape index (κ1) is 14.0. The first-order chi connectivity index (χ1) is 9.47. The predicted molar refractivity (Wildman–Crippen MR) is 71.5 cm³/mol. The normalized spacial score (nSPS) is 15.9. The smallest absolute Gasteiger partial charge is 0.404 e. The quantitative estimate of drug-likeness (QED) is 0.661. The zero-order valence-electron chi connectivity index (χ0n) is 11.1. The standard InChI is InChI=1S/C12H16N4O4/c1-8-2-3-10(11(14-8)16(18)19)15-6-4-9(5-7-15)20-12(13)17/h2-3,9H,4-7H2,1H3,(H2,13,17). The molecule has 0 saturated carbocycles. The van der Waals surface area contributed by atoms with Gasteiger partial charge >= 0.3 is 11.9 Å². The third kappa shape index (κ3) is 3.14. The fourth-order valence-corrected chi connectivity index (χ4v) is 2.30. The van der Waals surface area contributed by atoms with E-state index in [-0.39, 0.29) is 11.9 Å². The Morgan fingerprint density at radius 3 is 2.70 bits per heavy atom. The van der Waals surface area contributed by atoms with Gasteiger partial charge in [-0.1, -0.05) is 0 Å². The summed E-state index contributed by atoms with van der Waals surface area (Å²) in [6.45, 7) is 2.83. The summed E-state index contributed by atoms with van der Waals surface area (Å²) in [7, 11) is 0. The number of nitrogens with zero attached hydrogens (tertiary/aromatic N) is 3. The van der Waals surface area contributed by atoms with Crippen LogP contribution in [0.3, 0.4) is 0 Å². The van der Waals surface area contributed by atoms with Crippen molar-refractivity contribution in [3.05, 3.63) is 27.9 Å². The van der Waals surface area contributed by atoms with Gasteiger partial charge in [-0.05, 0) is 22.0 Å². The van der Waals surface area contributed by atoms with Crippen LogP contribution in [0.4, 0.5) is 16.3 Å². The first-order valence-electron chi connectivity index (χ1n) is 6.30. The number of nitro groups is 1. The van der Waals surface area contributed by atoms with E-state index in [0.717, 1.165) is 0 Å². The number of primary amides is 1. The van der Waals surface area contributed by atoms with Gasteiger partial charge in [0.2, 0.25) is 0 Å². The fraction of sp³-hybridized carbons (Fsp3) is 0.500. The van der Waals surface area contributed by atoms with Crippen LogP contribution < -0.4 is 10.6 Å². The molecule has 20 heavy (non-hydrogen) atoms. The summed E-state index contributed by atoms with van der Waals surface area (Å²) in [5.74, 6) is -0.140. The van der Waals surface area contributed by atoms with Crippen molar-refractivity contribution in [2.45, 2.75) is 25.9 Å². The molecule has 8 nitrogen and oxygen atoms in total. The molecule has 0 aromatic carbocycles. The largest absolute Gasteiger partial charge is 0.446 e. The summed E-state index contributed by atoms with van der Waals surface area (Å²) < 4.78 is 4.93. The van der Waals surface area contributed by atoms with E-state index in [9.17, 15) is 14.9 Å². The van der Waals surface area contributed by atoms with E-state index in [1.807, 2.05) is 4.90 Å². The number of carbonyl (C=O) groups excluding carboxylic acids is 1. The van der Waals surface area contributed by atoms with Crippen LogP contribution in [0.25, 0.3) is 0 Å². The number of aromatic nitrogens is 1. The van der Waals surface area contributed by atoms with Crippen molar-refractivity contribution in [3.8, 4) is 0 Å². The summed E-state index contributed by atoms with van der Waals surface area (Å²) in [6.07, 6.45) is 0.176. The number of pyridine rings is 1. The number of ether oxygens (including phenoxy) is 1. The van der Waals surface area contributed by atoms with Crippen molar-refractivity contribution in [3.63, 3.8) is 0 Å². The minimum absolute atomic E-state index is 0.140. The van der Waals surface area contributed by atoms with Crippen molar-refractivity contribution in [1.29, 1.82) is 0 Å². The number of amides is 1. The molecule has 1 saturated heterocycles. The van der Waals surface area contributed by atoms with Gasteiger partial charge in [0.15, 0.2) is 0 Å². The highest BCUT2D eigenvalue weighted by Gasteiger charge is 2.27. The molecular weight excluding hydrogens is 264 g/mol. The van der Waals surface area contributed by atoms with Crippen LogP contribution in [0, 0.1) is 17.0 Å². The predicted octanol–water partition coefficient (Wildman–Crippen LogP) is 1.36. The van der Waals surface area contributed by atoms with Crippen LogP contribution in [0.5, 0.6) is 0 Å². The molecule has 1 aliphatic rings. The second-order valence-electron chi connectivity index (χ2n) is 4.68. The molecule has 0 spiro atoms. The maximum Gasteiger partial charge on any atom is 0.404 e. The zero-order chi connectivity index (χ0) is 14.7. The Balaban J connectivity index is 2.11. The Morgan fingerprint density at radius 1 is 1.50 bits per heavy atom. The second-order valence-corrected chi connectivity index (χ2v) is 4.68. The Morgan fingerprint density at radius 2 is 2.15 bits per heavy atom. The van der Waals surface area contributed by atoms with E-state index in [4.69, 9.17) is 10.5 Å². The van der Waals surface area contributed by atoms with Crippen molar-refractivity contribution < 1.29 is 14.5 Å². The fourth-order valence-electron chi connectivity index (χ4n) is 2.30. The SMILES string of the molecule is Cc1ccc(N2CCC(OC(N)=O)CC2)c([N+](=O)[O-])n1. The number of piperidine rings is 1. The summed E-state index contributed by atoms with van der Waals surface area (Å²) in [4.78, 5) is 27.1. The van der Waals surface area contributed by atoms with E-state index < -0.39 is 11.0 Å². The molecule has 0 bridgehead atoms. The summed E-state index contributed by atoms with van der Waals surface area (Å²) >= 11 is 0. The highest BCUT2D eigenvalue weighted by Crippen LogP contribution is 2.29. The van der Waals surface area contributed by atoms with Crippen LogP contribution in [0.2, 0.25) is 0 Å². The lowest BCUT2D eigenvalue weighted by Gasteiger charge is -2.32. The average molecular weight is 280 g/mol. The lowest BCUT2D eigenvalue weighted by atomic mass is 10.1. The van der Waals surface area contributed by atoms with Gasteiger partial charge in [0.25, 0.3) is 0 Å². The number of anilines is 1. The van der Waals surface area contributed by atoms with Gasteiger partial charge in [-0.3, -0.25) is 0 Å². The number of rotatable bonds is 3. The lowest BCUT2D eigenvalue weighted by Crippen LogP contribution is -2.39. The topological polar surface area (TPSA) is 112 Å². The third-order valence-corrected chi connectivity index (χ3v) is 3.23. The molecule has 1 aliphatic heterocycles. The maximum absolute atomic E-state index is 11.1. The first-order valence-corrected chi connectivity index (χ1v) is 6.30. The molecule has 2 N–H and O–H groups in total. The van der Waals surface area contributed by atoms with E-state index in [0.29, 0.717) is 37.3 Å². The molecule has 8 heteroatoms. The Labute approximate surface area is 115 Å². The van der Waals surface area contributed by atoms with Crippen LogP contribution in [-0.2, 0) is 4.74 Å². The van der Waals surface area contributed by atoms with Gasteiger partial charge in [-0.25, -0.2) is 4.79 Å². The molecular formula is C12H16N4O4. The van der Waals surface area contributed by atoms with Crippen LogP contribution in [0.15, 0.2) is 12.1 Å². The zero-order valence-corrected chi connectivity index (χ0v) is 11.1. The maximum atomic E-state index is 11.1. The molecule has 1 amide bonds.